The van der Waals surface area contributed by atoms with E-state index in [9.17, 15) is 18.4 Å². The molecule has 6 nitrogen and oxygen atoms in total. The molecule has 0 unspecified atom stereocenters. The van der Waals surface area contributed by atoms with Gasteiger partial charge in [0.2, 0.25) is 5.91 Å². The molecule has 3 rings (SSSR count). The summed E-state index contributed by atoms with van der Waals surface area (Å²) in [6.45, 7) is 0. The average Bonchev–Trinajstić information content (AvgIpc) is 2.70. The van der Waals surface area contributed by atoms with Crippen LogP contribution in [-0.2, 0) is 4.79 Å². The van der Waals surface area contributed by atoms with Crippen molar-refractivity contribution in [2.75, 3.05) is 5.32 Å². The van der Waals surface area contributed by atoms with E-state index >= 15 is 0 Å². The van der Waals surface area contributed by atoms with Crippen molar-refractivity contribution in [2.24, 2.45) is 5.92 Å². The van der Waals surface area contributed by atoms with E-state index in [-0.39, 0.29) is 23.6 Å². The maximum absolute atomic E-state index is 12.7. The minimum Gasteiger partial charge on any atom is -0.348 e. The topological polar surface area (TPSA) is 84.0 Å². The Morgan fingerprint density at radius 3 is 2.57 bits per heavy atom. The third-order valence-electron chi connectivity index (χ3n) is 4.69. The Hall–Kier alpha value is -2.61. The van der Waals surface area contributed by atoms with Crippen molar-refractivity contribution in [3.05, 3.63) is 53.1 Å². The van der Waals surface area contributed by atoms with Crippen molar-refractivity contribution in [1.82, 2.24) is 15.3 Å². The molecule has 2 N–H and O–H groups in total. The van der Waals surface area contributed by atoms with Crippen LogP contribution in [0.1, 0.15) is 48.3 Å². The SMILES string of the molecule is O=C(N[C@H]1CC[C@H](C(=O)Nc2cnccc2Cl)CC1)c1cccc(C(F)F)n1. The second kappa shape index (κ2) is 9.05. The zero-order valence-corrected chi connectivity index (χ0v) is 15.6. The summed E-state index contributed by atoms with van der Waals surface area (Å²) in [5.41, 5.74) is 0.000516. The zero-order valence-electron chi connectivity index (χ0n) is 14.9. The fourth-order valence-corrected chi connectivity index (χ4v) is 3.32. The molecular formula is C19H19ClF2N4O2. The molecule has 9 heteroatoms. The summed E-state index contributed by atoms with van der Waals surface area (Å²) in [5.74, 6) is -0.812. The van der Waals surface area contributed by atoms with E-state index < -0.39 is 18.0 Å². The highest BCUT2D eigenvalue weighted by Gasteiger charge is 2.28. The molecule has 2 amide bonds. The lowest BCUT2D eigenvalue weighted by atomic mass is 9.85. The molecule has 0 atom stereocenters. The Morgan fingerprint density at radius 1 is 1.14 bits per heavy atom. The lowest BCUT2D eigenvalue weighted by Gasteiger charge is -2.28. The highest BCUT2D eigenvalue weighted by molar-refractivity contribution is 6.33. The molecule has 0 saturated heterocycles. The van der Waals surface area contributed by atoms with Crippen molar-refractivity contribution < 1.29 is 18.4 Å². The Bertz CT molecular complexity index is 857. The predicted octanol–water partition coefficient (Wildman–Crippen LogP) is 3.99. The number of carbonyl (C=O) groups excluding carboxylic acids is 2. The first-order valence-corrected chi connectivity index (χ1v) is 9.28. The lowest BCUT2D eigenvalue weighted by molar-refractivity contribution is -0.120. The van der Waals surface area contributed by atoms with E-state index in [1.807, 2.05) is 0 Å². The van der Waals surface area contributed by atoms with Gasteiger partial charge in [0.15, 0.2) is 0 Å². The monoisotopic (exact) mass is 408 g/mol. The molecule has 1 aliphatic rings. The van der Waals surface area contributed by atoms with Crippen LogP contribution in [0.15, 0.2) is 36.7 Å². The third-order valence-corrected chi connectivity index (χ3v) is 5.02. The molecule has 1 fully saturated rings. The molecule has 2 heterocycles. The molecule has 0 spiro atoms. The van der Waals surface area contributed by atoms with Crippen LogP contribution in [0, 0.1) is 5.92 Å². The Labute approximate surface area is 165 Å². The minimum absolute atomic E-state index is 0.0381. The maximum atomic E-state index is 12.7. The van der Waals surface area contributed by atoms with Gasteiger partial charge < -0.3 is 10.6 Å². The Morgan fingerprint density at radius 2 is 1.89 bits per heavy atom. The molecule has 148 valence electrons. The van der Waals surface area contributed by atoms with Crippen LogP contribution < -0.4 is 10.6 Å². The van der Waals surface area contributed by atoms with Gasteiger partial charge in [-0.1, -0.05) is 17.7 Å². The van der Waals surface area contributed by atoms with Crippen LogP contribution in [0.5, 0.6) is 0 Å². The summed E-state index contributed by atoms with van der Waals surface area (Å²) >= 11 is 6.02. The molecule has 28 heavy (non-hydrogen) atoms. The Kier molecular flexibility index (Phi) is 6.51. The lowest BCUT2D eigenvalue weighted by Crippen LogP contribution is -2.40. The Balaban J connectivity index is 1.51. The van der Waals surface area contributed by atoms with Crippen LogP contribution in [-0.4, -0.2) is 27.8 Å². The molecule has 2 aromatic rings. The van der Waals surface area contributed by atoms with E-state index in [4.69, 9.17) is 11.6 Å². The van der Waals surface area contributed by atoms with Gasteiger partial charge >= 0.3 is 0 Å². The number of anilines is 1. The molecule has 1 aliphatic carbocycles. The summed E-state index contributed by atoms with van der Waals surface area (Å²) in [4.78, 5) is 32.3. The quantitative estimate of drug-likeness (QED) is 0.783. The highest BCUT2D eigenvalue weighted by atomic mass is 35.5. The summed E-state index contributed by atoms with van der Waals surface area (Å²) in [7, 11) is 0. The number of aromatic nitrogens is 2. The standard InChI is InChI=1S/C19H19ClF2N4O2/c20-13-8-9-23-10-16(13)26-18(27)11-4-6-12(7-5-11)24-19(28)15-3-1-2-14(25-15)17(21)22/h1-3,8-12,17H,4-7H2,(H,24,28)(H,26,27)/t11-,12-. The number of rotatable bonds is 5. The van der Waals surface area contributed by atoms with E-state index in [0.717, 1.165) is 0 Å². The molecular weight excluding hydrogens is 390 g/mol. The number of nitrogens with zero attached hydrogens (tertiary/aromatic N) is 2. The van der Waals surface area contributed by atoms with Gasteiger partial charge in [0.05, 0.1) is 16.9 Å². The van der Waals surface area contributed by atoms with Gasteiger partial charge in [-0.25, -0.2) is 13.8 Å². The van der Waals surface area contributed by atoms with Crippen LogP contribution in [0.25, 0.3) is 0 Å². The fraction of sp³-hybridized carbons (Fsp3) is 0.368. The average molecular weight is 409 g/mol. The zero-order chi connectivity index (χ0) is 20.1. The van der Waals surface area contributed by atoms with Crippen molar-refractivity contribution >= 4 is 29.1 Å². The number of hydrogen-bond acceptors (Lipinski definition) is 4. The summed E-state index contributed by atoms with van der Waals surface area (Å²) in [5, 5.41) is 6.01. The molecule has 0 aliphatic heterocycles. The van der Waals surface area contributed by atoms with E-state index in [2.05, 4.69) is 20.6 Å². The number of carbonyl (C=O) groups is 2. The molecule has 1 saturated carbocycles. The number of halogens is 3. The van der Waals surface area contributed by atoms with Crippen molar-refractivity contribution in [3.8, 4) is 0 Å². The van der Waals surface area contributed by atoms with Crippen LogP contribution in [0.2, 0.25) is 5.02 Å². The predicted molar refractivity (Wildman–Crippen MR) is 100 cm³/mol. The first-order valence-electron chi connectivity index (χ1n) is 8.90. The smallest absolute Gasteiger partial charge is 0.280 e. The van der Waals surface area contributed by atoms with Crippen LogP contribution >= 0.6 is 11.6 Å². The largest absolute Gasteiger partial charge is 0.348 e. The molecule has 0 radical (unpaired) electrons. The second-order valence-electron chi connectivity index (χ2n) is 6.62. The number of hydrogen-bond donors (Lipinski definition) is 2. The van der Waals surface area contributed by atoms with Gasteiger partial charge in [-0.3, -0.25) is 14.6 Å². The third kappa shape index (κ3) is 5.01. The normalized spacial score (nSPS) is 19.3. The highest BCUT2D eigenvalue weighted by Crippen LogP contribution is 2.27. The van der Waals surface area contributed by atoms with Gasteiger partial charge in [0.1, 0.15) is 11.4 Å². The molecule has 0 bridgehead atoms. The van der Waals surface area contributed by atoms with Crippen LogP contribution in [0.4, 0.5) is 14.5 Å². The fourth-order valence-electron chi connectivity index (χ4n) is 3.16. The summed E-state index contributed by atoms with van der Waals surface area (Å²) < 4.78 is 25.4. The number of pyridine rings is 2. The first-order chi connectivity index (χ1) is 13.4. The van der Waals surface area contributed by atoms with E-state index in [0.29, 0.717) is 36.4 Å². The van der Waals surface area contributed by atoms with Crippen molar-refractivity contribution in [2.45, 2.75) is 38.2 Å². The summed E-state index contributed by atoms with van der Waals surface area (Å²) in [6, 6.07) is 5.43. The maximum Gasteiger partial charge on any atom is 0.280 e. The summed E-state index contributed by atoms with van der Waals surface area (Å²) in [6.07, 6.45) is 2.72. The van der Waals surface area contributed by atoms with Gasteiger partial charge in [0, 0.05) is 18.2 Å². The van der Waals surface area contributed by atoms with E-state index in [1.54, 1.807) is 6.07 Å². The van der Waals surface area contributed by atoms with Gasteiger partial charge in [-0.15, -0.1) is 0 Å². The van der Waals surface area contributed by atoms with Gasteiger partial charge in [0.25, 0.3) is 12.3 Å². The molecule has 2 aromatic heterocycles. The first kappa shape index (κ1) is 20.1. The van der Waals surface area contributed by atoms with Gasteiger partial charge in [-0.05, 0) is 43.9 Å². The van der Waals surface area contributed by atoms with Crippen molar-refractivity contribution in [1.29, 1.82) is 0 Å². The van der Waals surface area contributed by atoms with Gasteiger partial charge in [-0.2, -0.15) is 0 Å². The number of alkyl halides is 2. The minimum atomic E-state index is -2.73. The number of amides is 2. The second-order valence-corrected chi connectivity index (χ2v) is 7.02. The number of nitrogens with one attached hydrogen (secondary N) is 2. The van der Waals surface area contributed by atoms with Crippen molar-refractivity contribution in [3.63, 3.8) is 0 Å². The molecule has 0 aromatic carbocycles. The van der Waals surface area contributed by atoms with E-state index in [1.165, 1.54) is 30.6 Å². The van der Waals surface area contributed by atoms with Crippen LogP contribution in [0.3, 0.4) is 0 Å².